The molecule has 0 saturated carbocycles. The van der Waals surface area contributed by atoms with E-state index in [1.165, 1.54) is 0 Å². The zero-order valence-corrected chi connectivity index (χ0v) is 10.6. The van der Waals surface area contributed by atoms with Gasteiger partial charge in [0, 0.05) is 36.6 Å². The van der Waals surface area contributed by atoms with Crippen molar-refractivity contribution in [3.63, 3.8) is 0 Å². The van der Waals surface area contributed by atoms with Gasteiger partial charge in [0.1, 0.15) is 5.82 Å². The summed E-state index contributed by atoms with van der Waals surface area (Å²) in [6, 6.07) is 9.45. The van der Waals surface area contributed by atoms with Crippen molar-refractivity contribution in [2.24, 2.45) is 7.05 Å². The van der Waals surface area contributed by atoms with Gasteiger partial charge in [-0.25, -0.2) is 4.98 Å². The molecule has 0 spiro atoms. The molecule has 0 amide bonds. The third-order valence-electron chi connectivity index (χ3n) is 3.16. The standard InChI is InChI=1S/C14H14N4O/c1-18-12-5-3-2-4-10(12)11(8-14(18)19)17-9-13-15-6-7-16-13/h2-8,17H,9H2,1H3,(H,15,16). The molecule has 0 unspecified atom stereocenters. The van der Waals surface area contributed by atoms with Crippen LogP contribution in [0.2, 0.25) is 0 Å². The first-order chi connectivity index (χ1) is 9.25. The van der Waals surface area contributed by atoms with Crippen LogP contribution in [0.4, 0.5) is 5.69 Å². The fourth-order valence-corrected chi connectivity index (χ4v) is 2.13. The van der Waals surface area contributed by atoms with Crippen molar-refractivity contribution in [2.45, 2.75) is 6.54 Å². The number of aryl methyl sites for hydroxylation is 1. The van der Waals surface area contributed by atoms with Crippen molar-refractivity contribution in [2.75, 3.05) is 5.32 Å². The highest BCUT2D eigenvalue weighted by Crippen LogP contribution is 2.20. The van der Waals surface area contributed by atoms with Crippen molar-refractivity contribution in [3.8, 4) is 0 Å². The van der Waals surface area contributed by atoms with Gasteiger partial charge in [-0.05, 0) is 6.07 Å². The molecule has 96 valence electrons. The molecule has 0 radical (unpaired) electrons. The van der Waals surface area contributed by atoms with E-state index in [4.69, 9.17) is 0 Å². The van der Waals surface area contributed by atoms with Crippen LogP contribution >= 0.6 is 0 Å². The van der Waals surface area contributed by atoms with E-state index < -0.39 is 0 Å². The van der Waals surface area contributed by atoms with E-state index in [1.54, 1.807) is 30.1 Å². The first kappa shape index (κ1) is 11.5. The Labute approximate surface area is 109 Å². The SMILES string of the molecule is Cn1c(=O)cc(NCc2ncc[nH]2)c2ccccc21. The predicted octanol–water partition coefficient (Wildman–Crippen LogP) is 1.87. The molecule has 19 heavy (non-hydrogen) atoms. The fraction of sp³-hybridized carbons (Fsp3) is 0.143. The Morgan fingerprint density at radius 2 is 2.21 bits per heavy atom. The van der Waals surface area contributed by atoms with E-state index >= 15 is 0 Å². The monoisotopic (exact) mass is 254 g/mol. The summed E-state index contributed by atoms with van der Waals surface area (Å²) in [7, 11) is 1.78. The van der Waals surface area contributed by atoms with Gasteiger partial charge in [0.25, 0.3) is 5.56 Å². The fourth-order valence-electron chi connectivity index (χ4n) is 2.13. The Hall–Kier alpha value is -2.56. The van der Waals surface area contributed by atoms with Gasteiger partial charge >= 0.3 is 0 Å². The van der Waals surface area contributed by atoms with E-state index in [2.05, 4.69) is 15.3 Å². The van der Waals surface area contributed by atoms with Crippen LogP contribution in [0.25, 0.3) is 10.9 Å². The number of pyridine rings is 1. The lowest BCUT2D eigenvalue weighted by molar-refractivity contribution is 0.904. The summed E-state index contributed by atoms with van der Waals surface area (Å²) in [5.74, 6) is 0.838. The molecule has 2 N–H and O–H groups in total. The second-order valence-electron chi connectivity index (χ2n) is 4.36. The number of benzene rings is 1. The Kier molecular flexibility index (Phi) is 2.79. The molecule has 0 aliphatic carbocycles. The third-order valence-corrected chi connectivity index (χ3v) is 3.16. The summed E-state index contributed by atoms with van der Waals surface area (Å²) in [5, 5.41) is 4.28. The maximum atomic E-state index is 11.9. The number of nitrogens with zero attached hydrogens (tertiary/aromatic N) is 2. The van der Waals surface area contributed by atoms with Gasteiger partial charge in [-0.1, -0.05) is 18.2 Å². The molecule has 1 aromatic carbocycles. The van der Waals surface area contributed by atoms with Gasteiger partial charge < -0.3 is 14.9 Å². The van der Waals surface area contributed by atoms with Crippen LogP contribution in [0, 0.1) is 0 Å². The second-order valence-corrected chi connectivity index (χ2v) is 4.36. The summed E-state index contributed by atoms with van der Waals surface area (Å²) >= 11 is 0. The Morgan fingerprint density at radius 1 is 1.37 bits per heavy atom. The normalized spacial score (nSPS) is 10.8. The molecular weight excluding hydrogens is 240 g/mol. The maximum absolute atomic E-state index is 11.9. The summed E-state index contributed by atoms with van der Waals surface area (Å²) in [4.78, 5) is 19.1. The highest BCUT2D eigenvalue weighted by molar-refractivity contribution is 5.91. The third kappa shape index (κ3) is 2.10. The van der Waals surface area contributed by atoms with Crippen LogP contribution < -0.4 is 10.9 Å². The lowest BCUT2D eigenvalue weighted by atomic mass is 10.2. The van der Waals surface area contributed by atoms with Crippen molar-refractivity contribution in [1.29, 1.82) is 0 Å². The molecular formula is C14H14N4O. The molecule has 5 heteroatoms. The molecule has 0 saturated heterocycles. The zero-order chi connectivity index (χ0) is 13.2. The van der Waals surface area contributed by atoms with Crippen molar-refractivity contribution in [3.05, 3.63) is 58.9 Å². The van der Waals surface area contributed by atoms with E-state index in [9.17, 15) is 4.79 Å². The topological polar surface area (TPSA) is 62.7 Å². The van der Waals surface area contributed by atoms with Gasteiger partial charge in [-0.2, -0.15) is 0 Å². The molecule has 0 fully saturated rings. The number of H-pyrrole nitrogens is 1. The minimum absolute atomic E-state index is 0.0272. The second kappa shape index (κ2) is 4.61. The number of para-hydroxylation sites is 1. The first-order valence-electron chi connectivity index (χ1n) is 6.06. The molecule has 0 bridgehead atoms. The van der Waals surface area contributed by atoms with E-state index in [1.807, 2.05) is 24.3 Å². The predicted molar refractivity (Wildman–Crippen MR) is 75.1 cm³/mol. The average Bonchev–Trinajstić information content (AvgIpc) is 2.95. The number of fused-ring (bicyclic) bond motifs is 1. The summed E-state index contributed by atoms with van der Waals surface area (Å²) in [6.07, 6.45) is 3.48. The number of aromatic amines is 1. The smallest absolute Gasteiger partial charge is 0.252 e. The Balaban J connectivity index is 2.03. The zero-order valence-electron chi connectivity index (χ0n) is 10.6. The van der Waals surface area contributed by atoms with Crippen LogP contribution in [0.1, 0.15) is 5.82 Å². The molecule has 3 rings (SSSR count). The van der Waals surface area contributed by atoms with Crippen molar-refractivity contribution < 1.29 is 0 Å². The summed E-state index contributed by atoms with van der Waals surface area (Å²) < 4.78 is 1.65. The number of imidazole rings is 1. The number of hydrogen-bond donors (Lipinski definition) is 2. The number of rotatable bonds is 3. The number of aromatic nitrogens is 3. The average molecular weight is 254 g/mol. The molecule has 0 atom stereocenters. The summed E-state index contributed by atoms with van der Waals surface area (Å²) in [5.41, 5.74) is 1.72. The van der Waals surface area contributed by atoms with Crippen LogP contribution in [-0.4, -0.2) is 14.5 Å². The molecule has 2 aromatic heterocycles. The van der Waals surface area contributed by atoms with E-state index in [0.29, 0.717) is 6.54 Å². The van der Waals surface area contributed by atoms with Crippen molar-refractivity contribution >= 4 is 16.6 Å². The number of anilines is 1. The molecule has 3 aromatic rings. The minimum atomic E-state index is -0.0272. The molecule has 5 nitrogen and oxygen atoms in total. The van der Waals surface area contributed by atoms with E-state index in [-0.39, 0.29) is 5.56 Å². The lowest BCUT2D eigenvalue weighted by Crippen LogP contribution is -2.17. The quantitative estimate of drug-likeness (QED) is 0.750. The highest BCUT2D eigenvalue weighted by Gasteiger charge is 2.06. The highest BCUT2D eigenvalue weighted by atomic mass is 16.1. The Bertz CT molecular complexity index is 759. The first-order valence-corrected chi connectivity index (χ1v) is 6.06. The van der Waals surface area contributed by atoms with Gasteiger partial charge in [0.05, 0.1) is 12.1 Å². The van der Waals surface area contributed by atoms with Crippen molar-refractivity contribution in [1.82, 2.24) is 14.5 Å². The maximum Gasteiger partial charge on any atom is 0.252 e. The van der Waals surface area contributed by atoms with Crippen LogP contribution in [0.3, 0.4) is 0 Å². The minimum Gasteiger partial charge on any atom is -0.377 e. The van der Waals surface area contributed by atoms with Gasteiger partial charge in [-0.3, -0.25) is 4.79 Å². The largest absolute Gasteiger partial charge is 0.377 e. The molecule has 2 heterocycles. The molecule has 0 aliphatic rings. The lowest BCUT2D eigenvalue weighted by Gasteiger charge is -2.11. The van der Waals surface area contributed by atoms with E-state index in [0.717, 1.165) is 22.4 Å². The Morgan fingerprint density at radius 3 is 3.00 bits per heavy atom. The van der Waals surface area contributed by atoms with Gasteiger partial charge in [0.15, 0.2) is 0 Å². The van der Waals surface area contributed by atoms with Crippen LogP contribution in [0.15, 0.2) is 47.5 Å². The number of hydrogen-bond acceptors (Lipinski definition) is 3. The van der Waals surface area contributed by atoms with Gasteiger partial charge in [-0.15, -0.1) is 0 Å². The number of nitrogens with one attached hydrogen (secondary N) is 2. The summed E-state index contributed by atoms with van der Waals surface area (Å²) in [6.45, 7) is 0.560. The van der Waals surface area contributed by atoms with Crippen LogP contribution in [-0.2, 0) is 13.6 Å². The van der Waals surface area contributed by atoms with Crippen LogP contribution in [0.5, 0.6) is 0 Å². The molecule has 0 aliphatic heterocycles. The van der Waals surface area contributed by atoms with Gasteiger partial charge in [0.2, 0.25) is 0 Å².